The topological polar surface area (TPSA) is 65.3 Å². The molecular weight excluding hydrogens is 218 g/mol. The Morgan fingerprint density at radius 1 is 1.41 bits per heavy atom. The fraction of sp³-hybridized carbons (Fsp3) is 0.417. The van der Waals surface area contributed by atoms with E-state index in [1.807, 2.05) is 31.2 Å². The lowest BCUT2D eigenvalue weighted by Crippen LogP contribution is -2.31. The molecular formula is C12H15N3O2. The van der Waals surface area contributed by atoms with Crippen LogP contribution in [-0.2, 0) is 4.79 Å². The molecule has 1 atom stereocenters. The van der Waals surface area contributed by atoms with Crippen LogP contribution in [0.3, 0.4) is 0 Å². The Morgan fingerprint density at radius 2 is 2.12 bits per heavy atom. The molecule has 1 aromatic carbocycles. The number of rotatable bonds is 3. The van der Waals surface area contributed by atoms with Gasteiger partial charge in [0.2, 0.25) is 0 Å². The van der Waals surface area contributed by atoms with Crippen molar-refractivity contribution in [1.82, 2.24) is 5.01 Å². The van der Waals surface area contributed by atoms with Gasteiger partial charge >= 0.3 is 5.97 Å². The van der Waals surface area contributed by atoms with Crippen molar-refractivity contribution in [3.05, 3.63) is 29.8 Å². The van der Waals surface area contributed by atoms with Crippen LogP contribution in [0.25, 0.3) is 0 Å². The van der Waals surface area contributed by atoms with Crippen LogP contribution in [0, 0.1) is 6.92 Å². The molecule has 0 amide bonds. The lowest BCUT2D eigenvalue weighted by atomic mass is 10.2. The maximum absolute atomic E-state index is 10.9. The Balaban J connectivity index is 2.05. The van der Waals surface area contributed by atoms with Crippen molar-refractivity contribution in [2.75, 3.05) is 6.54 Å². The average Bonchev–Trinajstić information content (AvgIpc) is 2.76. The zero-order chi connectivity index (χ0) is 12.3. The van der Waals surface area contributed by atoms with Gasteiger partial charge in [-0.1, -0.05) is 22.9 Å². The highest BCUT2D eigenvalue weighted by molar-refractivity contribution is 5.73. The molecule has 1 aromatic rings. The largest absolute Gasteiger partial charge is 0.480 e. The fourth-order valence-corrected chi connectivity index (χ4v) is 1.83. The van der Waals surface area contributed by atoms with Crippen LogP contribution in [0.15, 0.2) is 34.6 Å². The van der Waals surface area contributed by atoms with Gasteiger partial charge in [-0.15, -0.1) is 5.11 Å². The van der Waals surface area contributed by atoms with Gasteiger partial charge in [0.1, 0.15) is 6.04 Å². The van der Waals surface area contributed by atoms with Gasteiger partial charge in [-0.25, -0.2) is 4.79 Å². The summed E-state index contributed by atoms with van der Waals surface area (Å²) in [6.45, 7) is 2.66. The van der Waals surface area contributed by atoms with Gasteiger partial charge in [-0.2, -0.15) is 0 Å². The minimum absolute atomic E-state index is 0.524. The molecule has 1 heterocycles. The molecule has 0 bridgehead atoms. The number of aryl methyl sites for hydroxylation is 1. The normalized spacial score (nSPS) is 20.1. The van der Waals surface area contributed by atoms with E-state index in [4.69, 9.17) is 5.11 Å². The SMILES string of the molecule is Cc1ccc(N=NN2CCCC2C(=O)O)cc1. The number of nitrogens with zero attached hydrogens (tertiary/aromatic N) is 3. The van der Waals surface area contributed by atoms with Crippen molar-refractivity contribution in [3.8, 4) is 0 Å². The van der Waals surface area contributed by atoms with Gasteiger partial charge in [0.05, 0.1) is 5.69 Å². The van der Waals surface area contributed by atoms with E-state index in [1.165, 1.54) is 0 Å². The summed E-state index contributed by atoms with van der Waals surface area (Å²) in [6.07, 6.45) is 1.49. The van der Waals surface area contributed by atoms with Crippen LogP contribution in [-0.4, -0.2) is 28.7 Å². The molecule has 0 radical (unpaired) electrons. The summed E-state index contributed by atoms with van der Waals surface area (Å²) in [7, 11) is 0. The summed E-state index contributed by atoms with van der Waals surface area (Å²) in [5.74, 6) is -0.828. The summed E-state index contributed by atoms with van der Waals surface area (Å²) in [6, 6.07) is 7.11. The highest BCUT2D eigenvalue weighted by Crippen LogP contribution is 2.20. The summed E-state index contributed by atoms with van der Waals surface area (Å²) >= 11 is 0. The number of benzene rings is 1. The third-order valence-electron chi connectivity index (χ3n) is 2.82. The third kappa shape index (κ3) is 2.81. The number of hydrogen-bond donors (Lipinski definition) is 1. The maximum Gasteiger partial charge on any atom is 0.328 e. The van der Waals surface area contributed by atoms with Crippen LogP contribution in [0.2, 0.25) is 0 Å². The first-order valence-corrected chi connectivity index (χ1v) is 5.64. The smallest absolute Gasteiger partial charge is 0.328 e. The lowest BCUT2D eigenvalue weighted by molar-refractivity contribution is -0.142. The van der Waals surface area contributed by atoms with Crippen molar-refractivity contribution in [2.45, 2.75) is 25.8 Å². The van der Waals surface area contributed by atoms with Crippen molar-refractivity contribution in [1.29, 1.82) is 0 Å². The highest BCUT2D eigenvalue weighted by Gasteiger charge is 2.29. The second-order valence-electron chi connectivity index (χ2n) is 4.18. The first-order chi connectivity index (χ1) is 8.16. The van der Waals surface area contributed by atoms with Gasteiger partial charge < -0.3 is 5.11 Å². The van der Waals surface area contributed by atoms with E-state index in [1.54, 1.807) is 5.01 Å². The molecule has 17 heavy (non-hydrogen) atoms. The van der Waals surface area contributed by atoms with Crippen LogP contribution in [0.4, 0.5) is 5.69 Å². The average molecular weight is 233 g/mol. The number of carbonyl (C=O) groups is 1. The van der Waals surface area contributed by atoms with E-state index in [0.717, 1.165) is 17.7 Å². The number of carboxylic acids is 1. The molecule has 1 aliphatic heterocycles. The molecule has 1 saturated heterocycles. The first-order valence-electron chi connectivity index (χ1n) is 5.64. The zero-order valence-electron chi connectivity index (χ0n) is 9.71. The number of aliphatic carboxylic acids is 1. The molecule has 90 valence electrons. The van der Waals surface area contributed by atoms with Gasteiger partial charge in [0.25, 0.3) is 0 Å². The summed E-state index contributed by atoms with van der Waals surface area (Å²) in [5, 5.41) is 18.6. The van der Waals surface area contributed by atoms with E-state index in [0.29, 0.717) is 13.0 Å². The van der Waals surface area contributed by atoms with E-state index in [9.17, 15) is 4.79 Å². The molecule has 1 fully saturated rings. The molecule has 1 aliphatic rings. The Kier molecular flexibility index (Phi) is 3.37. The molecule has 0 spiro atoms. The predicted octanol–water partition coefficient (Wildman–Crippen LogP) is 2.54. The summed E-state index contributed by atoms with van der Waals surface area (Å²) in [4.78, 5) is 10.9. The Hall–Kier alpha value is -1.91. The van der Waals surface area contributed by atoms with Gasteiger partial charge in [-0.05, 0) is 31.9 Å². The van der Waals surface area contributed by atoms with Crippen molar-refractivity contribution < 1.29 is 9.90 Å². The van der Waals surface area contributed by atoms with Crippen molar-refractivity contribution in [3.63, 3.8) is 0 Å². The number of hydrogen-bond acceptors (Lipinski definition) is 3. The van der Waals surface area contributed by atoms with Crippen LogP contribution >= 0.6 is 0 Å². The van der Waals surface area contributed by atoms with Crippen LogP contribution in [0.5, 0.6) is 0 Å². The van der Waals surface area contributed by atoms with Crippen molar-refractivity contribution in [2.24, 2.45) is 10.3 Å². The summed E-state index contributed by atoms with van der Waals surface area (Å²) in [5.41, 5.74) is 1.90. The monoisotopic (exact) mass is 233 g/mol. The van der Waals surface area contributed by atoms with E-state index in [2.05, 4.69) is 10.3 Å². The van der Waals surface area contributed by atoms with E-state index in [-0.39, 0.29) is 0 Å². The minimum atomic E-state index is -0.828. The molecule has 0 aliphatic carbocycles. The molecule has 0 aromatic heterocycles. The van der Waals surface area contributed by atoms with Gasteiger partial charge in [0, 0.05) is 6.54 Å². The third-order valence-corrected chi connectivity index (χ3v) is 2.82. The van der Waals surface area contributed by atoms with Crippen LogP contribution in [0.1, 0.15) is 18.4 Å². The molecule has 5 nitrogen and oxygen atoms in total. The first kappa shape index (κ1) is 11.6. The standard InChI is InChI=1S/C12H15N3O2/c1-9-4-6-10(7-5-9)13-14-15-8-2-3-11(15)12(16)17/h4-7,11H,2-3,8H2,1H3,(H,16,17). The van der Waals surface area contributed by atoms with Crippen molar-refractivity contribution >= 4 is 11.7 Å². The van der Waals surface area contributed by atoms with Crippen LogP contribution < -0.4 is 0 Å². The lowest BCUT2D eigenvalue weighted by Gasteiger charge is -2.15. The molecule has 5 heteroatoms. The number of carboxylic acid groups (broad SMARTS) is 1. The Bertz CT molecular complexity index is 428. The Labute approximate surface area is 99.7 Å². The zero-order valence-corrected chi connectivity index (χ0v) is 9.71. The van der Waals surface area contributed by atoms with E-state index >= 15 is 0 Å². The molecule has 2 rings (SSSR count). The van der Waals surface area contributed by atoms with E-state index < -0.39 is 12.0 Å². The van der Waals surface area contributed by atoms with Gasteiger partial charge in [0.15, 0.2) is 0 Å². The fourth-order valence-electron chi connectivity index (χ4n) is 1.83. The molecule has 1 N–H and O–H groups in total. The second-order valence-corrected chi connectivity index (χ2v) is 4.18. The minimum Gasteiger partial charge on any atom is -0.480 e. The molecule has 0 saturated carbocycles. The quantitative estimate of drug-likeness (QED) is 0.816. The molecule has 1 unspecified atom stereocenters. The predicted molar refractivity (Wildman–Crippen MR) is 63.1 cm³/mol. The summed E-state index contributed by atoms with van der Waals surface area (Å²) < 4.78 is 0. The maximum atomic E-state index is 10.9. The Morgan fingerprint density at radius 3 is 2.76 bits per heavy atom. The highest BCUT2D eigenvalue weighted by atomic mass is 16.4. The second kappa shape index (κ2) is 4.95. The van der Waals surface area contributed by atoms with Gasteiger partial charge in [-0.3, -0.25) is 5.01 Å².